The Morgan fingerprint density at radius 3 is 2.81 bits per heavy atom. The Kier molecular flexibility index (Phi) is 6.50. The van der Waals surface area contributed by atoms with Gasteiger partial charge in [0.15, 0.2) is 0 Å². The van der Waals surface area contributed by atoms with E-state index in [2.05, 4.69) is 19.2 Å². The molecular weight excluding hydrogens is 221 g/mol. The molecule has 3 heteroatoms. The first-order valence-electron chi connectivity index (χ1n) is 5.82. The van der Waals surface area contributed by atoms with Crippen LogP contribution in [0.25, 0.3) is 0 Å². The Labute approximate surface area is 102 Å². The van der Waals surface area contributed by atoms with E-state index in [1.54, 1.807) is 17.8 Å². The van der Waals surface area contributed by atoms with E-state index >= 15 is 0 Å². The van der Waals surface area contributed by atoms with E-state index in [1.165, 1.54) is 6.07 Å². The largest absolute Gasteiger partial charge is 0.316 e. The van der Waals surface area contributed by atoms with Crippen LogP contribution < -0.4 is 5.32 Å². The molecule has 0 aromatic heterocycles. The zero-order chi connectivity index (χ0) is 11.8. The first-order valence-corrected chi connectivity index (χ1v) is 6.80. The minimum Gasteiger partial charge on any atom is -0.316 e. The van der Waals surface area contributed by atoms with Gasteiger partial charge in [-0.15, -0.1) is 11.8 Å². The normalized spacial score (nSPS) is 12.7. The molecule has 0 aliphatic rings. The highest BCUT2D eigenvalue weighted by Crippen LogP contribution is 2.23. The van der Waals surface area contributed by atoms with Gasteiger partial charge in [-0.25, -0.2) is 4.39 Å². The summed E-state index contributed by atoms with van der Waals surface area (Å²) in [7, 11) is 0. The topological polar surface area (TPSA) is 12.0 Å². The van der Waals surface area contributed by atoms with Crippen LogP contribution in [0.1, 0.15) is 20.3 Å². The van der Waals surface area contributed by atoms with E-state index in [9.17, 15) is 4.39 Å². The molecule has 16 heavy (non-hydrogen) atoms. The molecule has 0 bridgehead atoms. The van der Waals surface area contributed by atoms with Crippen molar-refractivity contribution in [3.63, 3.8) is 0 Å². The van der Waals surface area contributed by atoms with Crippen molar-refractivity contribution in [3.05, 3.63) is 30.1 Å². The average molecular weight is 241 g/mol. The lowest BCUT2D eigenvalue weighted by atomic mass is 10.2. The summed E-state index contributed by atoms with van der Waals surface area (Å²) in [5.74, 6) is 1.41. The van der Waals surface area contributed by atoms with Crippen LogP contribution in [0.4, 0.5) is 4.39 Å². The van der Waals surface area contributed by atoms with Crippen molar-refractivity contribution in [2.24, 2.45) is 5.92 Å². The van der Waals surface area contributed by atoms with Gasteiger partial charge < -0.3 is 5.32 Å². The second-order valence-corrected chi connectivity index (χ2v) is 5.11. The predicted molar refractivity (Wildman–Crippen MR) is 69.4 cm³/mol. The molecular formula is C13H20FNS. The number of hydrogen-bond donors (Lipinski definition) is 1. The first kappa shape index (κ1) is 13.5. The summed E-state index contributed by atoms with van der Waals surface area (Å²) in [4.78, 5) is 0.754. The van der Waals surface area contributed by atoms with Gasteiger partial charge in [0.05, 0.1) is 0 Å². The fraction of sp³-hybridized carbons (Fsp3) is 0.538. The van der Waals surface area contributed by atoms with E-state index < -0.39 is 0 Å². The summed E-state index contributed by atoms with van der Waals surface area (Å²) in [5, 5.41) is 3.38. The quantitative estimate of drug-likeness (QED) is 0.579. The Balaban J connectivity index is 2.26. The van der Waals surface area contributed by atoms with Gasteiger partial charge in [-0.2, -0.15) is 0 Å². The van der Waals surface area contributed by atoms with Crippen LogP contribution in [0, 0.1) is 11.7 Å². The van der Waals surface area contributed by atoms with Crippen LogP contribution in [-0.2, 0) is 0 Å². The summed E-state index contributed by atoms with van der Waals surface area (Å²) >= 11 is 1.60. The molecule has 1 nitrogen and oxygen atoms in total. The number of hydrogen-bond acceptors (Lipinski definition) is 2. The molecule has 1 aromatic rings. The van der Waals surface area contributed by atoms with Gasteiger partial charge in [0.25, 0.3) is 0 Å². The monoisotopic (exact) mass is 241 g/mol. The van der Waals surface area contributed by atoms with E-state index in [0.717, 1.165) is 30.2 Å². The van der Waals surface area contributed by atoms with Crippen molar-refractivity contribution in [2.75, 3.05) is 18.8 Å². The van der Waals surface area contributed by atoms with Crippen molar-refractivity contribution in [2.45, 2.75) is 25.2 Å². The lowest BCUT2D eigenvalue weighted by Crippen LogP contribution is -2.23. The third-order valence-electron chi connectivity index (χ3n) is 2.28. The maximum Gasteiger partial charge on any atom is 0.136 e. The minimum atomic E-state index is -0.110. The number of benzene rings is 1. The number of halogens is 1. The molecule has 0 amide bonds. The summed E-state index contributed by atoms with van der Waals surface area (Å²) in [6, 6.07) is 6.96. The second-order valence-electron chi connectivity index (χ2n) is 4.05. The van der Waals surface area contributed by atoms with E-state index in [0.29, 0.717) is 5.92 Å². The lowest BCUT2D eigenvalue weighted by molar-refractivity contribution is 0.556. The molecule has 0 radical (unpaired) electrons. The van der Waals surface area contributed by atoms with Crippen LogP contribution in [0.2, 0.25) is 0 Å². The van der Waals surface area contributed by atoms with Crippen LogP contribution >= 0.6 is 11.8 Å². The molecule has 0 spiro atoms. The Bertz CT molecular complexity index is 304. The van der Waals surface area contributed by atoms with Crippen molar-refractivity contribution >= 4 is 11.8 Å². The zero-order valence-corrected chi connectivity index (χ0v) is 10.8. The maximum atomic E-state index is 13.3. The molecule has 1 rings (SSSR count). The van der Waals surface area contributed by atoms with Gasteiger partial charge in [0, 0.05) is 10.6 Å². The minimum absolute atomic E-state index is 0.110. The molecule has 0 saturated heterocycles. The highest BCUT2D eigenvalue weighted by Gasteiger charge is 2.05. The highest BCUT2D eigenvalue weighted by atomic mass is 32.2. The molecule has 1 N–H and O–H groups in total. The zero-order valence-electron chi connectivity index (χ0n) is 10.0. The smallest absolute Gasteiger partial charge is 0.136 e. The molecule has 0 aliphatic heterocycles. The number of nitrogens with one attached hydrogen (secondary N) is 1. The van der Waals surface area contributed by atoms with Gasteiger partial charge in [-0.1, -0.05) is 26.0 Å². The molecule has 0 heterocycles. The van der Waals surface area contributed by atoms with Gasteiger partial charge in [0.2, 0.25) is 0 Å². The summed E-state index contributed by atoms with van der Waals surface area (Å²) in [5.41, 5.74) is 0. The SMILES string of the molecule is CCCNCC(C)CSc1ccccc1F. The van der Waals surface area contributed by atoms with Crippen LogP contribution in [0.3, 0.4) is 0 Å². The number of thioether (sulfide) groups is 1. The van der Waals surface area contributed by atoms with Gasteiger partial charge in [-0.05, 0) is 37.6 Å². The van der Waals surface area contributed by atoms with E-state index in [-0.39, 0.29) is 5.82 Å². The van der Waals surface area contributed by atoms with Crippen LogP contribution in [0.5, 0.6) is 0 Å². The molecule has 1 aromatic carbocycles. The fourth-order valence-electron chi connectivity index (χ4n) is 1.38. The number of rotatable bonds is 7. The van der Waals surface area contributed by atoms with Crippen LogP contribution in [0.15, 0.2) is 29.2 Å². The fourth-order valence-corrected chi connectivity index (χ4v) is 2.34. The summed E-state index contributed by atoms with van der Waals surface area (Å²) in [6.45, 7) is 6.42. The van der Waals surface area contributed by atoms with Crippen molar-refractivity contribution in [3.8, 4) is 0 Å². The summed E-state index contributed by atoms with van der Waals surface area (Å²) < 4.78 is 13.3. The molecule has 0 fully saturated rings. The highest BCUT2D eigenvalue weighted by molar-refractivity contribution is 7.99. The summed E-state index contributed by atoms with van der Waals surface area (Å²) in [6.07, 6.45) is 1.16. The Hall–Kier alpha value is -0.540. The Morgan fingerprint density at radius 2 is 2.12 bits per heavy atom. The average Bonchev–Trinajstić information content (AvgIpc) is 2.28. The maximum absolute atomic E-state index is 13.3. The second kappa shape index (κ2) is 7.69. The van der Waals surface area contributed by atoms with E-state index in [4.69, 9.17) is 0 Å². The van der Waals surface area contributed by atoms with Crippen molar-refractivity contribution in [1.29, 1.82) is 0 Å². The predicted octanol–water partition coefficient (Wildman–Crippen LogP) is 3.55. The third kappa shape index (κ3) is 4.99. The van der Waals surface area contributed by atoms with Gasteiger partial charge in [0.1, 0.15) is 5.82 Å². The van der Waals surface area contributed by atoms with Crippen molar-refractivity contribution < 1.29 is 4.39 Å². The van der Waals surface area contributed by atoms with Crippen LogP contribution in [-0.4, -0.2) is 18.8 Å². The molecule has 0 aliphatic carbocycles. The van der Waals surface area contributed by atoms with E-state index in [1.807, 2.05) is 12.1 Å². The lowest BCUT2D eigenvalue weighted by Gasteiger charge is -2.11. The van der Waals surface area contributed by atoms with Crippen molar-refractivity contribution in [1.82, 2.24) is 5.32 Å². The Morgan fingerprint density at radius 1 is 1.38 bits per heavy atom. The standard InChI is InChI=1S/C13H20FNS/c1-3-8-15-9-11(2)10-16-13-7-5-4-6-12(13)14/h4-7,11,15H,3,8-10H2,1-2H3. The van der Waals surface area contributed by atoms with Gasteiger partial charge in [-0.3, -0.25) is 0 Å². The molecule has 1 unspecified atom stereocenters. The molecule has 90 valence electrons. The molecule has 1 atom stereocenters. The molecule has 0 saturated carbocycles. The first-order chi connectivity index (χ1) is 7.74. The van der Waals surface area contributed by atoms with Gasteiger partial charge >= 0.3 is 0 Å². The third-order valence-corrected chi connectivity index (χ3v) is 3.66.